The SMILES string of the molecule is Cl.Oc1ccc([C@H]2CC[C@H](NCc3ccccc3)CC2)cc1. The molecule has 0 unspecified atom stereocenters. The van der Waals surface area contributed by atoms with Crippen molar-refractivity contribution in [3.63, 3.8) is 0 Å². The van der Waals surface area contributed by atoms with Crippen LogP contribution in [0.15, 0.2) is 54.6 Å². The molecule has 2 aromatic carbocycles. The minimum Gasteiger partial charge on any atom is -0.508 e. The van der Waals surface area contributed by atoms with E-state index < -0.39 is 0 Å². The van der Waals surface area contributed by atoms with Crippen molar-refractivity contribution >= 4 is 12.4 Å². The van der Waals surface area contributed by atoms with Gasteiger partial charge in [0, 0.05) is 12.6 Å². The van der Waals surface area contributed by atoms with E-state index in [9.17, 15) is 5.11 Å². The first kappa shape index (κ1) is 16.9. The van der Waals surface area contributed by atoms with Gasteiger partial charge in [0.25, 0.3) is 0 Å². The van der Waals surface area contributed by atoms with Crippen LogP contribution in [0.2, 0.25) is 0 Å². The molecule has 0 radical (unpaired) electrons. The highest BCUT2D eigenvalue weighted by molar-refractivity contribution is 5.85. The lowest BCUT2D eigenvalue weighted by Gasteiger charge is -2.29. The Labute approximate surface area is 139 Å². The molecule has 0 saturated heterocycles. The second-order valence-electron chi connectivity index (χ2n) is 6.01. The monoisotopic (exact) mass is 317 g/mol. The van der Waals surface area contributed by atoms with E-state index in [2.05, 4.69) is 47.8 Å². The average molecular weight is 318 g/mol. The maximum absolute atomic E-state index is 9.37. The zero-order valence-electron chi connectivity index (χ0n) is 12.7. The van der Waals surface area contributed by atoms with Crippen molar-refractivity contribution in [2.75, 3.05) is 0 Å². The molecular formula is C19H24ClNO. The minimum atomic E-state index is 0. The molecule has 22 heavy (non-hydrogen) atoms. The normalized spacial score (nSPS) is 21.1. The predicted octanol–water partition coefficient (Wildman–Crippen LogP) is 4.63. The van der Waals surface area contributed by atoms with Gasteiger partial charge in [-0.2, -0.15) is 0 Å². The van der Waals surface area contributed by atoms with Gasteiger partial charge in [0.2, 0.25) is 0 Å². The van der Waals surface area contributed by atoms with Crippen molar-refractivity contribution in [2.45, 2.75) is 44.2 Å². The second kappa shape index (κ2) is 8.21. The third-order valence-electron chi connectivity index (χ3n) is 4.53. The van der Waals surface area contributed by atoms with E-state index in [1.165, 1.54) is 36.8 Å². The van der Waals surface area contributed by atoms with Gasteiger partial charge >= 0.3 is 0 Å². The largest absolute Gasteiger partial charge is 0.508 e. The van der Waals surface area contributed by atoms with Gasteiger partial charge in [-0.15, -0.1) is 12.4 Å². The lowest BCUT2D eigenvalue weighted by Crippen LogP contribution is -2.32. The smallest absolute Gasteiger partial charge is 0.115 e. The van der Waals surface area contributed by atoms with Gasteiger partial charge in [-0.3, -0.25) is 0 Å². The van der Waals surface area contributed by atoms with Crippen LogP contribution in [-0.2, 0) is 6.54 Å². The predicted molar refractivity (Wildman–Crippen MR) is 93.6 cm³/mol. The Balaban J connectivity index is 0.00000176. The summed E-state index contributed by atoms with van der Waals surface area (Å²) in [5, 5.41) is 13.0. The highest BCUT2D eigenvalue weighted by Crippen LogP contribution is 2.33. The molecule has 0 atom stereocenters. The van der Waals surface area contributed by atoms with Crippen LogP contribution in [0.25, 0.3) is 0 Å². The van der Waals surface area contributed by atoms with Gasteiger partial charge in [0.05, 0.1) is 0 Å². The molecule has 2 aromatic rings. The van der Waals surface area contributed by atoms with Crippen LogP contribution in [0.4, 0.5) is 0 Å². The van der Waals surface area contributed by atoms with Crippen molar-refractivity contribution in [1.29, 1.82) is 0 Å². The molecule has 3 heteroatoms. The fourth-order valence-corrected chi connectivity index (χ4v) is 3.24. The topological polar surface area (TPSA) is 32.3 Å². The first-order valence-corrected chi connectivity index (χ1v) is 7.87. The van der Waals surface area contributed by atoms with E-state index in [0.29, 0.717) is 17.7 Å². The summed E-state index contributed by atoms with van der Waals surface area (Å²) in [6, 6.07) is 19.0. The third kappa shape index (κ3) is 4.49. The fraction of sp³-hybridized carbons (Fsp3) is 0.368. The molecule has 3 rings (SSSR count). The molecule has 2 nitrogen and oxygen atoms in total. The van der Waals surface area contributed by atoms with E-state index in [1.807, 2.05) is 0 Å². The van der Waals surface area contributed by atoms with E-state index >= 15 is 0 Å². The number of rotatable bonds is 4. The number of nitrogens with one attached hydrogen (secondary N) is 1. The Morgan fingerprint density at radius 3 is 2.14 bits per heavy atom. The second-order valence-corrected chi connectivity index (χ2v) is 6.01. The Morgan fingerprint density at radius 1 is 0.864 bits per heavy atom. The van der Waals surface area contributed by atoms with Gasteiger partial charge in [-0.25, -0.2) is 0 Å². The molecule has 1 aliphatic carbocycles. The quantitative estimate of drug-likeness (QED) is 0.861. The summed E-state index contributed by atoms with van der Waals surface area (Å²) in [6.07, 6.45) is 4.94. The zero-order chi connectivity index (χ0) is 14.5. The molecule has 2 N–H and O–H groups in total. The van der Waals surface area contributed by atoms with Crippen LogP contribution in [0.5, 0.6) is 5.75 Å². The summed E-state index contributed by atoms with van der Waals surface area (Å²) in [6.45, 7) is 0.968. The average Bonchev–Trinajstić information content (AvgIpc) is 2.55. The van der Waals surface area contributed by atoms with E-state index in [1.54, 1.807) is 12.1 Å². The number of benzene rings is 2. The van der Waals surface area contributed by atoms with Gasteiger partial charge in [-0.1, -0.05) is 42.5 Å². The van der Waals surface area contributed by atoms with Crippen molar-refractivity contribution in [2.24, 2.45) is 0 Å². The van der Waals surface area contributed by atoms with Crippen LogP contribution in [0.3, 0.4) is 0 Å². The van der Waals surface area contributed by atoms with Crippen LogP contribution >= 0.6 is 12.4 Å². The van der Waals surface area contributed by atoms with Gasteiger partial charge < -0.3 is 10.4 Å². The number of phenols is 1. The molecule has 1 aliphatic rings. The Hall–Kier alpha value is -1.51. The molecular weight excluding hydrogens is 294 g/mol. The van der Waals surface area contributed by atoms with E-state index in [-0.39, 0.29) is 12.4 Å². The summed E-state index contributed by atoms with van der Waals surface area (Å²) in [7, 11) is 0. The van der Waals surface area contributed by atoms with Crippen molar-refractivity contribution in [3.8, 4) is 5.75 Å². The fourth-order valence-electron chi connectivity index (χ4n) is 3.24. The Bertz CT molecular complexity index is 547. The number of aromatic hydroxyl groups is 1. The molecule has 1 saturated carbocycles. The van der Waals surface area contributed by atoms with Crippen molar-refractivity contribution in [3.05, 3.63) is 65.7 Å². The minimum absolute atomic E-state index is 0. The maximum atomic E-state index is 9.37. The standard InChI is InChI=1S/C19H23NO.ClH/c21-19-12-8-17(9-13-19)16-6-10-18(11-7-16)20-14-15-4-2-1-3-5-15;/h1-5,8-9,12-13,16,18,20-21H,6-7,10-11,14H2;1H/t16-,18-;. The number of halogens is 1. The molecule has 0 amide bonds. The number of hydrogen-bond acceptors (Lipinski definition) is 2. The first-order chi connectivity index (χ1) is 10.3. The van der Waals surface area contributed by atoms with E-state index in [0.717, 1.165) is 6.54 Å². The molecule has 118 valence electrons. The summed E-state index contributed by atoms with van der Waals surface area (Å²) >= 11 is 0. The highest BCUT2D eigenvalue weighted by Gasteiger charge is 2.21. The van der Waals surface area contributed by atoms with Gasteiger partial charge in [0.1, 0.15) is 5.75 Å². The molecule has 0 bridgehead atoms. The van der Waals surface area contributed by atoms with Crippen LogP contribution < -0.4 is 5.32 Å². The molecule has 0 aromatic heterocycles. The van der Waals surface area contributed by atoms with Crippen LogP contribution in [0, 0.1) is 0 Å². The molecule has 0 spiro atoms. The molecule has 0 heterocycles. The lowest BCUT2D eigenvalue weighted by molar-refractivity contribution is 0.341. The summed E-state index contributed by atoms with van der Waals surface area (Å²) in [5.41, 5.74) is 2.73. The zero-order valence-corrected chi connectivity index (χ0v) is 13.6. The van der Waals surface area contributed by atoms with Gasteiger partial charge in [0.15, 0.2) is 0 Å². The summed E-state index contributed by atoms with van der Waals surface area (Å²) < 4.78 is 0. The van der Waals surface area contributed by atoms with Gasteiger partial charge in [-0.05, 0) is 54.9 Å². The van der Waals surface area contributed by atoms with E-state index in [4.69, 9.17) is 0 Å². The Morgan fingerprint density at radius 2 is 1.50 bits per heavy atom. The van der Waals surface area contributed by atoms with Crippen LogP contribution in [0.1, 0.15) is 42.7 Å². The molecule has 1 fully saturated rings. The lowest BCUT2D eigenvalue weighted by atomic mass is 9.81. The summed E-state index contributed by atoms with van der Waals surface area (Å²) in [4.78, 5) is 0. The highest BCUT2D eigenvalue weighted by atomic mass is 35.5. The maximum Gasteiger partial charge on any atom is 0.115 e. The number of phenolic OH excluding ortho intramolecular Hbond substituents is 1. The summed E-state index contributed by atoms with van der Waals surface area (Å²) in [5.74, 6) is 1.01. The third-order valence-corrected chi connectivity index (χ3v) is 4.53. The Kier molecular flexibility index (Phi) is 6.29. The van der Waals surface area contributed by atoms with Crippen molar-refractivity contribution < 1.29 is 5.11 Å². The van der Waals surface area contributed by atoms with Crippen molar-refractivity contribution in [1.82, 2.24) is 5.32 Å². The molecule has 0 aliphatic heterocycles. The number of hydrogen-bond donors (Lipinski definition) is 2. The van der Waals surface area contributed by atoms with Crippen LogP contribution in [-0.4, -0.2) is 11.1 Å². The first-order valence-electron chi connectivity index (χ1n) is 7.87.